The van der Waals surface area contributed by atoms with E-state index in [-0.39, 0.29) is 30.4 Å². The van der Waals surface area contributed by atoms with Gasteiger partial charge in [0.15, 0.2) is 0 Å². The summed E-state index contributed by atoms with van der Waals surface area (Å²) in [6.07, 6.45) is 3.24. The Bertz CT molecular complexity index is 957. The standard InChI is InChI=1S/C22H30N2O7S/c1-14-8-10-18(11-9-14)32(28,29)24-19-13-31-21(26)16(3)12-30-22(27)17(4)23-20(25)7-5-6-15(19)2/h5-6,8-11,15-17,19,24H,7,12-13H2,1-4H3,(H,23,25)/b6-5+/t15-,16+,17-,19-/m0/s1. The number of benzene rings is 1. The zero-order valence-corrected chi connectivity index (χ0v) is 19.5. The van der Waals surface area contributed by atoms with Gasteiger partial charge in [0.2, 0.25) is 15.9 Å². The Hall–Kier alpha value is -2.72. The van der Waals surface area contributed by atoms with E-state index in [4.69, 9.17) is 9.47 Å². The van der Waals surface area contributed by atoms with Crippen LogP contribution in [0, 0.1) is 18.8 Å². The second-order valence-corrected chi connectivity index (χ2v) is 9.70. The minimum Gasteiger partial charge on any atom is -0.464 e. The summed E-state index contributed by atoms with van der Waals surface area (Å²) in [5, 5.41) is 2.52. The molecule has 0 radical (unpaired) electrons. The van der Waals surface area contributed by atoms with Gasteiger partial charge in [0, 0.05) is 6.42 Å². The second kappa shape index (κ2) is 11.2. The first-order valence-corrected chi connectivity index (χ1v) is 11.9. The van der Waals surface area contributed by atoms with Gasteiger partial charge in [-0.3, -0.25) is 9.59 Å². The molecule has 1 aromatic carbocycles. The highest BCUT2D eigenvalue weighted by Crippen LogP contribution is 2.15. The molecule has 0 spiro atoms. The number of esters is 2. The summed E-state index contributed by atoms with van der Waals surface area (Å²) in [4.78, 5) is 36.5. The largest absolute Gasteiger partial charge is 0.464 e. The molecule has 0 fully saturated rings. The van der Waals surface area contributed by atoms with Crippen molar-refractivity contribution in [1.82, 2.24) is 10.0 Å². The zero-order valence-electron chi connectivity index (χ0n) is 18.7. The molecule has 32 heavy (non-hydrogen) atoms. The maximum absolute atomic E-state index is 12.9. The predicted molar refractivity (Wildman–Crippen MR) is 117 cm³/mol. The number of amides is 1. The molecule has 2 rings (SSSR count). The number of ether oxygens (including phenoxy) is 2. The minimum atomic E-state index is -3.87. The molecule has 0 bridgehead atoms. The van der Waals surface area contributed by atoms with Gasteiger partial charge in [0.05, 0.1) is 16.9 Å². The summed E-state index contributed by atoms with van der Waals surface area (Å²) in [7, 11) is -3.87. The highest BCUT2D eigenvalue weighted by Gasteiger charge is 2.27. The average molecular weight is 467 g/mol. The van der Waals surface area contributed by atoms with Crippen LogP contribution < -0.4 is 10.0 Å². The smallest absolute Gasteiger partial charge is 0.328 e. The lowest BCUT2D eigenvalue weighted by Gasteiger charge is -2.23. The van der Waals surface area contributed by atoms with Crippen LogP contribution in [0.5, 0.6) is 0 Å². The molecule has 0 aliphatic carbocycles. The van der Waals surface area contributed by atoms with E-state index in [9.17, 15) is 22.8 Å². The fraction of sp³-hybridized carbons (Fsp3) is 0.500. The molecule has 1 aliphatic heterocycles. The van der Waals surface area contributed by atoms with Crippen LogP contribution in [-0.4, -0.2) is 51.6 Å². The van der Waals surface area contributed by atoms with Crippen molar-refractivity contribution in [3.8, 4) is 0 Å². The number of rotatable bonds is 3. The Labute approximate surface area is 188 Å². The third-order valence-corrected chi connectivity index (χ3v) is 6.54. The minimum absolute atomic E-state index is 0.00438. The molecule has 0 saturated carbocycles. The molecule has 4 atom stereocenters. The highest BCUT2D eigenvalue weighted by atomic mass is 32.2. The first kappa shape index (κ1) is 25.5. The molecule has 1 amide bonds. The predicted octanol–water partition coefficient (Wildman–Crippen LogP) is 1.47. The summed E-state index contributed by atoms with van der Waals surface area (Å²) in [6.45, 7) is 6.18. The molecule has 0 aromatic heterocycles. The van der Waals surface area contributed by atoms with Crippen molar-refractivity contribution >= 4 is 27.9 Å². The van der Waals surface area contributed by atoms with Gasteiger partial charge in [0.25, 0.3) is 0 Å². The Balaban J connectivity index is 2.24. The molecule has 1 heterocycles. The monoisotopic (exact) mass is 466 g/mol. The van der Waals surface area contributed by atoms with Gasteiger partial charge in [-0.15, -0.1) is 0 Å². The number of aryl methyl sites for hydroxylation is 1. The van der Waals surface area contributed by atoms with E-state index >= 15 is 0 Å². The first-order chi connectivity index (χ1) is 15.0. The van der Waals surface area contributed by atoms with E-state index in [0.29, 0.717) is 0 Å². The van der Waals surface area contributed by atoms with E-state index in [1.807, 2.05) is 6.92 Å². The van der Waals surface area contributed by atoms with Crippen LogP contribution in [0.15, 0.2) is 41.3 Å². The SMILES string of the molecule is Cc1ccc(S(=O)(=O)N[C@H]2COC(=O)[C@H](C)COC(=O)[C@H](C)NC(=O)C/C=C/[C@@H]2C)cc1. The van der Waals surface area contributed by atoms with E-state index in [2.05, 4.69) is 10.0 Å². The Morgan fingerprint density at radius 1 is 0.969 bits per heavy atom. The van der Waals surface area contributed by atoms with Gasteiger partial charge in [-0.05, 0) is 38.8 Å². The fourth-order valence-electron chi connectivity index (χ4n) is 2.88. The van der Waals surface area contributed by atoms with Crippen LogP contribution in [0.25, 0.3) is 0 Å². The lowest BCUT2D eigenvalue weighted by molar-refractivity contribution is -0.156. The Morgan fingerprint density at radius 2 is 1.59 bits per heavy atom. The maximum Gasteiger partial charge on any atom is 0.328 e. The van der Waals surface area contributed by atoms with Gasteiger partial charge < -0.3 is 14.8 Å². The zero-order chi connectivity index (χ0) is 23.9. The van der Waals surface area contributed by atoms with Crippen molar-refractivity contribution in [2.75, 3.05) is 13.2 Å². The van der Waals surface area contributed by atoms with Crippen LogP contribution in [0.4, 0.5) is 0 Å². The summed E-state index contributed by atoms with van der Waals surface area (Å²) < 4.78 is 38.7. The molecule has 1 aliphatic rings. The van der Waals surface area contributed by atoms with Gasteiger partial charge in [-0.1, -0.05) is 36.8 Å². The molecular formula is C22H30N2O7S. The van der Waals surface area contributed by atoms with Gasteiger partial charge in [-0.25, -0.2) is 17.9 Å². The summed E-state index contributed by atoms with van der Waals surface area (Å²) in [6, 6.07) is 4.74. The van der Waals surface area contributed by atoms with Crippen molar-refractivity contribution < 1.29 is 32.3 Å². The van der Waals surface area contributed by atoms with E-state index < -0.39 is 45.9 Å². The van der Waals surface area contributed by atoms with Crippen LogP contribution in [0.2, 0.25) is 0 Å². The molecular weight excluding hydrogens is 436 g/mol. The number of carbonyl (C=O) groups is 3. The van der Waals surface area contributed by atoms with Crippen molar-refractivity contribution in [2.45, 2.75) is 51.1 Å². The Kier molecular flexibility index (Phi) is 8.97. The van der Waals surface area contributed by atoms with Crippen LogP contribution in [0.1, 0.15) is 32.8 Å². The molecule has 1 aromatic rings. The van der Waals surface area contributed by atoms with Gasteiger partial charge >= 0.3 is 11.9 Å². The quantitative estimate of drug-likeness (QED) is 0.510. The van der Waals surface area contributed by atoms with E-state index in [0.717, 1.165) is 5.56 Å². The second-order valence-electron chi connectivity index (χ2n) is 7.98. The maximum atomic E-state index is 12.9. The van der Waals surface area contributed by atoms with E-state index in [1.165, 1.54) is 26.0 Å². The molecule has 176 valence electrons. The van der Waals surface area contributed by atoms with Crippen molar-refractivity contribution in [3.05, 3.63) is 42.0 Å². The van der Waals surface area contributed by atoms with Crippen LogP contribution in [-0.2, 0) is 33.9 Å². The van der Waals surface area contributed by atoms with Crippen LogP contribution >= 0.6 is 0 Å². The summed E-state index contributed by atoms with van der Waals surface area (Å²) in [5.41, 5.74) is 0.922. The fourth-order valence-corrected chi connectivity index (χ4v) is 4.19. The molecule has 2 N–H and O–H groups in total. The summed E-state index contributed by atoms with van der Waals surface area (Å²) in [5.74, 6) is -2.82. The average Bonchev–Trinajstić information content (AvgIpc) is 2.73. The van der Waals surface area contributed by atoms with Gasteiger partial charge in [-0.2, -0.15) is 0 Å². The topological polar surface area (TPSA) is 128 Å². The first-order valence-electron chi connectivity index (χ1n) is 10.4. The molecule has 0 saturated heterocycles. The van der Waals surface area contributed by atoms with Crippen LogP contribution in [0.3, 0.4) is 0 Å². The summed E-state index contributed by atoms with van der Waals surface area (Å²) >= 11 is 0. The number of sulfonamides is 1. The molecule has 9 nitrogen and oxygen atoms in total. The lowest BCUT2D eigenvalue weighted by Crippen LogP contribution is -2.43. The van der Waals surface area contributed by atoms with Crippen molar-refractivity contribution in [1.29, 1.82) is 0 Å². The number of carbonyl (C=O) groups excluding carboxylic acids is 3. The highest BCUT2D eigenvalue weighted by molar-refractivity contribution is 7.89. The van der Waals surface area contributed by atoms with Crippen molar-refractivity contribution in [2.24, 2.45) is 11.8 Å². The number of hydrogen-bond acceptors (Lipinski definition) is 7. The van der Waals surface area contributed by atoms with Crippen molar-refractivity contribution in [3.63, 3.8) is 0 Å². The normalized spacial score (nSPS) is 27.3. The lowest BCUT2D eigenvalue weighted by atomic mass is 10.0. The third-order valence-electron chi connectivity index (χ3n) is 5.03. The van der Waals surface area contributed by atoms with E-state index in [1.54, 1.807) is 31.2 Å². The number of cyclic esters (lactones) is 2. The molecule has 10 heteroatoms. The number of hydrogen-bond donors (Lipinski definition) is 2. The molecule has 0 unspecified atom stereocenters. The Morgan fingerprint density at radius 3 is 2.25 bits per heavy atom. The number of nitrogens with one attached hydrogen (secondary N) is 2. The van der Waals surface area contributed by atoms with Gasteiger partial charge in [0.1, 0.15) is 19.3 Å². The third kappa shape index (κ3) is 7.45.